The van der Waals surface area contributed by atoms with Gasteiger partial charge in [-0.15, -0.1) is 0 Å². The third kappa shape index (κ3) is 3.40. The van der Waals surface area contributed by atoms with E-state index in [0.717, 1.165) is 0 Å². The molecule has 0 saturated heterocycles. The molecule has 0 saturated carbocycles. The highest BCUT2D eigenvalue weighted by molar-refractivity contribution is 5.78. The molecule has 0 radical (unpaired) electrons. The molecule has 0 aliphatic rings. The summed E-state index contributed by atoms with van der Waals surface area (Å²) in [5.74, 6) is 0.189. The lowest BCUT2D eigenvalue weighted by atomic mass is 10.0. The Morgan fingerprint density at radius 3 is 2.45 bits per heavy atom. The van der Waals surface area contributed by atoms with Gasteiger partial charge >= 0.3 is 5.97 Å². The summed E-state index contributed by atoms with van der Waals surface area (Å²) < 4.78 is 20.4. The minimum Gasteiger partial charge on any atom is -0.496 e. The normalized spacial score (nSPS) is 11.8. The summed E-state index contributed by atoms with van der Waals surface area (Å²) in [7, 11) is 4.51. The smallest absolute Gasteiger partial charge is 0.339 e. The van der Waals surface area contributed by atoms with E-state index in [-0.39, 0.29) is 13.2 Å². The number of esters is 1. The first kappa shape index (κ1) is 16.3. The summed E-state index contributed by atoms with van der Waals surface area (Å²) in [6, 6.07) is 3.22. The molecule has 1 rings (SSSR count). The van der Waals surface area contributed by atoms with Crippen molar-refractivity contribution in [3.8, 4) is 11.5 Å². The molecule has 0 aliphatic heterocycles. The first-order valence-electron chi connectivity index (χ1n) is 6.18. The molecule has 0 bridgehead atoms. The van der Waals surface area contributed by atoms with E-state index in [1.54, 1.807) is 19.1 Å². The summed E-state index contributed by atoms with van der Waals surface area (Å²) in [5.41, 5.74) is 0.942. The number of rotatable bonds is 7. The van der Waals surface area contributed by atoms with Crippen molar-refractivity contribution >= 4 is 5.97 Å². The van der Waals surface area contributed by atoms with Crippen LogP contribution in [0.3, 0.4) is 0 Å². The van der Waals surface area contributed by atoms with Gasteiger partial charge in [0.2, 0.25) is 0 Å². The molecule has 0 amide bonds. The Hall–Kier alpha value is -1.79. The van der Waals surface area contributed by atoms with E-state index in [4.69, 9.17) is 18.9 Å². The first-order chi connectivity index (χ1) is 9.60. The van der Waals surface area contributed by atoms with E-state index in [1.807, 2.05) is 0 Å². The van der Waals surface area contributed by atoms with E-state index in [9.17, 15) is 9.90 Å². The van der Waals surface area contributed by atoms with Crippen LogP contribution >= 0.6 is 0 Å². The zero-order valence-electron chi connectivity index (χ0n) is 12.1. The Labute approximate surface area is 118 Å². The Morgan fingerprint density at radius 1 is 1.25 bits per heavy atom. The fourth-order valence-electron chi connectivity index (χ4n) is 1.90. The van der Waals surface area contributed by atoms with Crippen molar-refractivity contribution in [1.82, 2.24) is 0 Å². The average molecular weight is 284 g/mol. The SMILES string of the molecule is CCOC(=O)C(O)c1ccc(OC)c(COC)c1OC. The van der Waals surface area contributed by atoms with Gasteiger partial charge < -0.3 is 24.1 Å². The van der Waals surface area contributed by atoms with E-state index in [2.05, 4.69) is 0 Å². The van der Waals surface area contributed by atoms with Crippen LogP contribution in [0.2, 0.25) is 0 Å². The maximum absolute atomic E-state index is 11.6. The van der Waals surface area contributed by atoms with E-state index in [0.29, 0.717) is 22.6 Å². The van der Waals surface area contributed by atoms with Crippen molar-refractivity contribution in [3.63, 3.8) is 0 Å². The van der Waals surface area contributed by atoms with Gasteiger partial charge in [0.25, 0.3) is 0 Å². The molecule has 1 aromatic rings. The van der Waals surface area contributed by atoms with E-state index < -0.39 is 12.1 Å². The lowest BCUT2D eigenvalue weighted by molar-refractivity contribution is -0.153. The second-order valence-electron chi connectivity index (χ2n) is 3.96. The molecule has 0 fully saturated rings. The van der Waals surface area contributed by atoms with Crippen LogP contribution in [0.4, 0.5) is 0 Å². The Balaban J connectivity index is 3.26. The number of aliphatic hydroxyl groups excluding tert-OH is 1. The zero-order valence-corrected chi connectivity index (χ0v) is 12.1. The van der Waals surface area contributed by atoms with Gasteiger partial charge in [0.05, 0.1) is 33.0 Å². The molecule has 1 aromatic carbocycles. The maximum Gasteiger partial charge on any atom is 0.339 e. The lowest BCUT2D eigenvalue weighted by Crippen LogP contribution is -2.17. The second kappa shape index (κ2) is 7.72. The van der Waals surface area contributed by atoms with Crippen molar-refractivity contribution in [3.05, 3.63) is 23.3 Å². The van der Waals surface area contributed by atoms with Gasteiger partial charge in [-0.2, -0.15) is 0 Å². The quantitative estimate of drug-likeness (QED) is 0.764. The highest BCUT2D eigenvalue weighted by Gasteiger charge is 2.25. The number of benzene rings is 1. The van der Waals surface area contributed by atoms with Gasteiger partial charge in [-0.05, 0) is 19.1 Å². The van der Waals surface area contributed by atoms with E-state index in [1.165, 1.54) is 21.3 Å². The number of carbonyl (C=O) groups is 1. The number of ether oxygens (including phenoxy) is 4. The summed E-state index contributed by atoms with van der Waals surface area (Å²) in [5, 5.41) is 10.1. The van der Waals surface area contributed by atoms with Gasteiger partial charge in [0.15, 0.2) is 6.10 Å². The number of hydrogen-bond donors (Lipinski definition) is 1. The minimum atomic E-state index is -1.41. The third-order valence-electron chi connectivity index (χ3n) is 2.77. The maximum atomic E-state index is 11.6. The fraction of sp³-hybridized carbons (Fsp3) is 0.500. The van der Waals surface area contributed by atoms with Crippen LogP contribution in [0, 0.1) is 0 Å². The molecule has 1 N–H and O–H groups in total. The molecular formula is C14H20O6. The van der Waals surface area contributed by atoms with Gasteiger partial charge in [-0.3, -0.25) is 0 Å². The minimum absolute atomic E-state index is 0.194. The Bertz CT molecular complexity index is 457. The van der Waals surface area contributed by atoms with Gasteiger partial charge in [-0.1, -0.05) is 0 Å². The predicted octanol–water partition coefficient (Wildman–Crippen LogP) is 1.45. The number of aliphatic hydroxyl groups is 1. The lowest BCUT2D eigenvalue weighted by Gasteiger charge is -2.18. The number of hydrogen-bond acceptors (Lipinski definition) is 6. The van der Waals surface area contributed by atoms with Crippen LogP contribution < -0.4 is 9.47 Å². The first-order valence-corrected chi connectivity index (χ1v) is 6.18. The molecule has 0 spiro atoms. The van der Waals surface area contributed by atoms with Crippen molar-refractivity contribution in [2.24, 2.45) is 0 Å². The Morgan fingerprint density at radius 2 is 1.95 bits per heavy atom. The average Bonchev–Trinajstić information content (AvgIpc) is 2.46. The standard InChI is InChI=1S/C14H20O6/c1-5-20-14(16)12(15)9-6-7-11(18-3)10(8-17-2)13(9)19-4/h6-7,12,15H,5,8H2,1-4H3. The molecule has 1 atom stereocenters. The molecule has 6 nitrogen and oxygen atoms in total. The highest BCUT2D eigenvalue weighted by atomic mass is 16.5. The second-order valence-corrected chi connectivity index (χ2v) is 3.96. The third-order valence-corrected chi connectivity index (χ3v) is 2.77. The summed E-state index contributed by atoms with van der Waals surface area (Å²) >= 11 is 0. The summed E-state index contributed by atoms with van der Waals surface area (Å²) in [6.45, 7) is 2.10. The fourth-order valence-corrected chi connectivity index (χ4v) is 1.90. The number of carbonyl (C=O) groups excluding carboxylic acids is 1. The van der Waals surface area contributed by atoms with Crippen molar-refractivity contribution in [2.45, 2.75) is 19.6 Å². The zero-order chi connectivity index (χ0) is 15.1. The largest absolute Gasteiger partial charge is 0.496 e. The summed E-state index contributed by atoms with van der Waals surface area (Å²) in [4.78, 5) is 11.6. The van der Waals surface area contributed by atoms with Gasteiger partial charge in [0.1, 0.15) is 11.5 Å². The van der Waals surface area contributed by atoms with Crippen molar-refractivity contribution < 1.29 is 28.8 Å². The van der Waals surface area contributed by atoms with Gasteiger partial charge in [0, 0.05) is 12.7 Å². The molecule has 1 unspecified atom stereocenters. The van der Waals surface area contributed by atoms with Crippen LogP contribution in [-0.2, 0) is 20.9 Å². The predicted molar refractivity (Wildman–Crippen MR) is 71.9 cm³/mol. The molecular weight excluding hydrogens is 264 g/mol. The molecule has 0 aromatic heterocycles. The molecule has 20 heavy (non-hydrogen) atoms. The monoisotopic (exact) mass is 284 g/mol. The van der Waals surface area contributed by atoms with Crippen LogP contribution in [0.5, 0.6) is 11.5 Å². The topological polar surface area (TPSA) is 74.2 Å². The van der Waals surface area contributed by atoms with Crippen LogP contribution in [-0.4, -0.2) is 39.0 Å². The van der Waals surface area contributed by atoms with Crippen molar-refractivity contribution in [1.29, 1.82) is 0 Å². The van der Waals surface area contributed by atoms with Crippen LogP contribution in [0.15, 0.2) is 12.1 Å². The van der Waals surface area contributed by atoms with Crippen molar-refractivity contribution in [2.75, 3.05) is 27.9 Å². The van der Waals surface area contributed by atoms with Crippen LogP contribution in [0.25, 0.3) is 0 Å². The van der Waals surface area contributed by atoms with Gasteiger partial charge in [-0.25, -0.2) is 4.79 Å². The molecule has 0 heterocycles. The van der Waals surface area contributed by atoms with E-state index >= 15 is 0 Å². The van der Waals surface area contributed by atoms with Crippen LogP contribution in [0.1, 0.15) is 24.2 Å². The Kier molecular flexibility index (Phi) is 6.27. The molecule has 0 aliphatic carbocycles. The molecule has 6 heteroatoms. The molecule has 112 valence electrons. The number of methoxy groups -OCH3 is 3. The highest BCUT2D eigenvalue weighted by Crippen LogP contribution is 2.36. The summed E-state index contributed by atoms with van der Waals surface area (Å²) in [6.07, 6.45) is -1.41.